The fourth-order valence-corrected chi connectivity index (χ4v) is 2.19. The van der Waals surface area contributed by atoms with Gasteiger partial charge in [-0.2, -0.15) is 10.4 Å². The summed E-state index contributed by atoms with van der Waals surface area (Å²) in [4.78, 5) is 3.91. The number of anilines is 1. The normalized spacial score (nSPS) is 10.8. The van der Waals surface area contributed by atoms with Crippen LogP contribution < -0.4 is 5.43 Å². The fraction of sp³-hybridized carbons (Fsp3) is 0.0625. The second-order valence-corrected chi connectivity index (χ2v) is 4.98. The predicted molar refractivity (Wildman–Crippen MR) is 86.3 cm³/mol. The lowest BCUT2D eigenvalue weighted by molar-refractivity contribution is 0.533. The highest BCUT2D eigenvalue weighted by Gasteiger charge is 2.09. The minimum atomic E-state index is 0.149. The van der Waals surface area contributed by atoms with Gasteiger partial charge in [0.2, 0.25) is 5.69 Å². The number of hydrogen-bond donors (Lipinski definition) is 1. The van der Waals surface area contributed by atoms with Crippen molar-refractivity contribution < 1.29 is 8.83 Å². The highest BCUT2D eigenvalue weighted by atomic mass is 35.5. The molecule has 3 aromatic rings. The smallest absolute Gasteiger partial charge is 0.252 e. The fourth-order valence-electron chi connectivity index (χ4n) is 1.96. The Bertz CT molecular complexity index is 905. The van der Waals surface area contributed by atoms with Gasteiger partial charge in [-0.1, -0.05) is 23.7 Å². The Labute approximate surface area is 137 Å². The molecular weight excluding hydrogens is 316 g/mol. The average molecular weight is 327 g/mol. The van der Waals surface area contributed by atoms with Crippen molar-refractivity contribution in [2.24, 2.45) is 5.10 Å². The number of nitrogens with one attached hydrogen (secondary N) is 1. The van der Waals surface area contributed by atoms with E-state index < -0.39 is 0 Å². The molecule has 0 aliphatic rings. The Morgan fingerprint density at radius 3 is 2.87 bits per heavy atom. The Kier molecular flexibility index (Phi) is 4.13. The van der Waals surface area contributed by atoms with E-state index in [1.165, 1.54) is 6.21 Å². The van der Waals surface area contributed by atoms with Crippen LogP contribution in [0.4, 0.5) is 5.88 Å². The zero-order chi connectivity index (χ0) is 16.2. The van der Waals surface area contributed by atoms with Crippen LogP contribution in [-0.4, -0.2) is 11.2 Å². The van der Waals surface area contributed by atoms with Gasteiger partial charge in [-0.25, -0.2) is 10.4 Å². The number of hydrazone groups is 1. The van der Waals surface area contributed by atoms with Crippen LogP contribution in [0.15, 0.2) is 50.3 Å². The van der Waals surface area contributed by atoms with E-state index in [4.69, 9.17) is 25.7 Å². The van der Waals surface area contributed by atoms with Gasteiger partial charge in [-0.15, -0.1) is 0 Å². The molecule has 0 spiro atoms. The van der Waals surface area contributed by atoms with Crippen molar-refractivity contribution in [2.75, 3.05) is 5.43 Å². The van der Waals surface area contributed by atoms with Crippen LogP contribution in [-0.2, 0) is 0 Å². The van der Waals surface area contributed by atoms with Gasteiger partial charge in [0.25, 0.3) is 5.88 Å². The van der Waals surface area contributed by atoms with Gasteiger partial charge in [-0.3, -0.25) is 0 Å². The van der Waals surface area contributed by atoms with Gasteiger partial charge in [0.05, 0.1) is 11.2 Å². The van der Waals surface area contributed by atoms with Crippen LogP contribution in [0.2, 0.25) is 5.02 Å². The number of benzene rings is 1. The molecule has 7 heteroatoms. The van der Waals surface area contributed by atoms with Gasteiger partial charge in [-0.05, 0) is 24.3 Å². The van der Waals surface area contributed by atoms with Gasteiger partial charge >= 0.3 is 0 Å². The molecule has 23 heavy (non-hydrogen) atoms. The molecule has 1 aromatic carbocycles. The molecule has 2 heterocycles. The monoisotopic (exact) mass is 326 g/mol. The molecule has 0 bridgehead atoms. The molecule has 2 aromatic heterocycles. The van der Waals surface area contributed by atoms with Crippen molar-refractivity contribution in [1.82, 2.24) is 4.98 Å². The highest BCUT2D eigenvalue weighted by Crippen LogP contribution is 2.28. The summed E-state index contributed by atoms with van der Waals surface area (Å²) < 4.78 is 10.9. The summed E-state index contributed by atoms with van der Waals surface area (Å²) in [5.41, 5.74) is 3.58. The second-order valence-electron chi connectivity index (χ2n) is 4.57. The molecule has 0 saturated carbocycles. The third kappa shape index (κ3) is 3.25. The SMILES string of the molecule is Cc1nc(C#N)c(N/N=C\c2ccc(-c3ccccc3Cl)o2)o1. The van der Waals surface area contributed by atoms with Gasteiger partial charge in [0, 0.05) is 12.5 Å². The van der Waals surface area contributed by atoms with Gasteiger partial charge in [0.1, 0.15) is 17.6 Å². The Hall–Kier alpha value is -3.04. The Morgan fingerprint density at radius 2 is 2.09 bits per heavy atom. The van der Waals surface area contributed by atoms with Crippen molar-refractivity contribution in [1.29, 1.82) is 5.26 Å². The number of nitriles is 1. The van der Waals surface area contributed by atoms with E-state index in [0.717, 1.165) is 5.56 Å². The molecule has 114 valence electrons. The lowest BCUT2D eigenvalue weighted by Gasteiger charge is -1.98. The summed E-state index contributed by atoms with van der Waals surface area (Å²) >= 11 is 6.13. The number of furan rings is 1. The molecule has 3 rings (SSSR count). The molecule has 0 aliphatic heterocycles. The van der Waals surface area contributed by atoms with Crippen molar-refractivity contribution in [3.05, 3.63) is 58.8 Å². The number of nitrogens with zero attached hydrogens (tertiary/aromatic N) is 3. The van der Waals surface area contributed by atoms with Crippen LogP contribution in [0.5, 0.6) is 0 Å². The number of aromatic nitrogens is 1. The minimum Gasteiger partial charge on any atom is -0.455 e. The van der Waals surface area contributed by atoms with E-state index in [0.29, 0.717) is 22.4 Å². The Morgan fingerprint density at radius 1 is 1.26 bits per heavy atom. The first kappa shape index (κ1) is 14.9. The summed E-state index contributed by atoms with van der Waals surface area (Å²) in [5.74, 6) is 1.75. The van der Waals surface area contributed by atoms with Crippen LogP contribution in [0.1, 0.15) is 17.3 Å². The zero-order valence-electron chi connectivity index (χ0n) is 12.1. The van der Waals surface area contributed by atoms with Gasteiger partial charge in [0.15, 0.2) is 5.89 Å². The first-order chi connectivity index (χ1) is 11.2. The van der Waals surface area contributed by atoms with Crippen molar-refractivity contribution >= 4 is 23.7 Å². The van der Waals surface area contributed by atoms with Crippen LogP contribution in [0.3, 0.4) is 0 Å². The lowest BCUT2D eigenvalue weighted by Crippen LogP contribution is -1.90. The summed E-state index contributed by atoms with van der Waals surface area (Å²) in [6.45, 7) is 1.65. The molecular formula is C16H11ClN4O2. The second kappa shape index (κ2) is 6.38. The largest absolute Gasteiger partial charge is 0.455 e. The number of rotatable bonds is 4. The quantitative estimate of drug-likeness (QED) is 0.573. The molecule has 0 amide bonds. The van der Waals surface area contributed by atoms with Crippen LogP contribution in [0, 0.1) is 18.3 Å². The molecule has 0 atom stereocenters. The Balaban J connectivity index is 1.74. The average Bonchev–Trinajstić information content (AvgIpc) is 3.14. The third-order valence-corrected chi connectivity index (χ3v) is 3.29. The number of aryl methyl sites for hydroxylation is 1. The number of oxazole rings is 1. The summed E-state index contributed by atoms with van der Waals surface area (Å²) in [6, 6.07) is 12.9. The molecule has 0 fully saturated rings. The molecule has 0 unspecified atom stereocenters. The third-order valence-electron chi connectivity index (χ3n) is 2.96. The maximum absolute atomic E-state index is 8.91. The number of halogens is 1. The van der Waals surface area contributed by atoms with E-state index in [2.05, 4.69) is 15.5 Å². The predicted octanol–water partition coefficient (Wildman–Crippen LogP) is 4.21. The lowest BCUT2D eigenvalue weighted by atomic mass is 10.2. The molecule has 0 aliphatic carbocycles. The van der Waals surface area contributed by atoms with E-state index in [1.54, 1.807) is 19.1 Å². The summed E-state index contributed by atoms with van der Waals surface area (Å²) in [6.07, 6.45) is 1.47. The van der Waals surface area contributed by atoms with Crippen molar-refractivity contribution in [3.63, 3.8) is 0 Å². The zero-order valence-corrected chi connectivity index (χ0v) is 12.8. The maximum Gasteiger partial charge on any atom is 0.252 e. The minimum absolute atomic E-state index is 0.149. The molecule has 0 saturated heterocycles. The summed E-state index contributed by atoms with van der Waals surface area (Å²) in [5, 5.41) is 13.5. The molecule has 0 radical (unpaired) electrons. The summed E-state index contributed by atoms with van der Waals surface area (Å²) in [7, 11) is 0. The standard InChI is InChI=1S/C16H11ClN4O2/c1-10-20-14(8-18)16(22-10)21-19-9-11-6-7-15(23-11)12-4-2-3-5-13(12)17/h2-7,9,21H,1H3/b19-9-. The van der Waals surface area contributed by atoms with Gasteiger partial charge < -0.3 is 8.83 Å². The molecule has 6 nitrogen and oxygen atoms in total. The van der Waals surface area contributed by atoms with Crippen molar-refractivity contribution in [2.45, 2.75) is 6.92 Å². The topological polar surface area (TPSA) is 87.4 Å². The van der Waals surface area contributed by atoms with E-state index in [9.17, 15) is 0 Å². The van der Waals surface area contributed by atoms with E-state index in [1.807, 2.05) is 30.3 Å². The van der Waals surface area contributed by atoms with Crippen LogP contribution >= 0.6 is 11.6 Å². The van der Waals surface area contributed by atoms with E-state index >= 15 is 0 Å². The first-order valence-electron chi connectivity index (χ1n) is 6.68. The van der Waals surface area contributed by atoms with E-state index in [-0.39, 0.29) is 11.6 Å². The maximum atomic E-state index is 8.91. The number of hydrogen-bond acceptors (Lipinski definition) is 6. The first-order valence-corrected chi connectivity index (χ1v) is 7.06. The molecule has 1 N–H and O–H groups in total. The van der Waals surface area contributed by atoms with Crippen LogP contribution in [0.25, 0.3) is 11.3 Å². The van der Waals surface area contributed by atoms with Crippen molar-refractivity contribution in [3.8, 4) is 17.4 Å². The highest BCUT2D eigenvalue weighted by molar-refractivity contribution is 6.33.